The van der Waals surface area contributed by atoms with Gasteiger partial charge in [0.1, 0.15) is 5.82 Å². The van der Waals surface area contributed by atoms with Gasteiger partial charge in [-0.25, -0.2) is 13.9 Å². The zero-order valence-electron chi connectivity index (χ0n) is 13.9. The molecule has 1 saturated carbocycles. The molecule has 0 bridgehead atoms. The minimum absolute atomic E-state index is 0.250. The summed E-state index contributed by atoms with van der Waals surface area (Å²) in [7, 11) is 0. The van der Waals surface area contributed by atoms with Crippen LogP contribution in [0.4, 0.5) is 4.39 Å². The van der Waals surface area contributed by atoms with Gasteiger partial charge in [-0.3, -0.25) is 0 Å². The van der Waals surface area contributed by atoms with Crippen molar-refractivity contribution in [2.45, 2.75) is 18.8 Å². The molecule has 2 aromatic heterocycles. The number of fused-ring (bicyclic) bond motifs is 1. The Kier molecular flexibility index (Phi) is 3.54. The Morgan fingerprint density at radius 1 is 0.923 bits per heavy atom. The van der Waals surface area contributed by atoms with Crippen LogP contribution in [0.3, 0.4) is 0 Å². The van der Waals surface area contributed by atoms with Gasteiger partial charge >= 0.3 is 0 Å². The van der Waals surface area contributed by atoms with E-state index in [0.29, 0.717) is 10.9 Å². The van der Waals surface area contributed by atoms with Gasteiger partial charge in [-0.05, 0) is 60.9 Å². The number of hydrogen-bond donors (Lipinski definition) is 0. The van der Waals surface area contributed by atoms with Gasteiger partial charge in [-0.2, -0.15) is 5.10 Å². The van der Waals surface area contributed by atoms with Gasteiger partial charge in [0.15, 0.2) is 5.65 Å². The highest BCUT2D eigenvalue weighted by Gasteiger charge is 2.31. The van der Waals surface area contributed by atoms with E-state index in [-0.39, 0.29) is 5.82 Å². The standard InChI is InChI=1S/C21H15ClFN3/c22-16-7-3-14(4-8-16)19-20(15-1-2-15)25-26-18(11-12-24-21(19)26)13-5-9-17(23)10-6-13/h3-12,15H,1-2H2. The van der Waals surface area contributed by atoms with Gasteiger partial charge in [0.25, 0.3) is 0 Å². The lowest BCUT2D eigenvalue weighted by molar-refractivity contribution is 0.628. The first-order valence-electron chi connectivity index (χ1n) is 8.60. The predicted octanol–water partition coefficient (Wildman–Crippen LogP) is 5.73. The van der Waals surface area contributed by atoms with Crippen LogP contribution >= 0.6 is 11.6 Å². The van der Waals surface area contributed by atoms with E-state index in [9.17, 15) is 4.39 Å². The van der Waals surface area contributed by atoms with E-state index in [1.54, 1.807) is 18.3 Å². The molecule has 1 fully saturated rings. The maximum Gasteiger partial charge on any atom is 0.163 e. The quantitative estimate of drug-likeness (QED) is 0.465. The van der Waals surface area contributed by atoms with Crippen LogP contribution in [0.15, 0.2) is 60.8 Å². The fraction of sp³-hybridized carbons (Fsp3) is 0.143. The molecule has 0 amide bonds. The molecule has 5 rings (SSSR count). The van der Waals surface area contributed by atoms with Gasteiger partial charge in [-0.15, -0.1) is 0 Å². The second-order valence-electron chi connectivity index (χ2n) is 6.61. The fourth-order valence-electron chi connectivity index (χ4n) is 3.34. The SMILES string of the molecule is Fc1ccc(-c2ccnc3c(-c4ccc(Cl)cc4)c(C4CC4)nn23)cc1. The molecular formula is C21H15ClFN3. The zero-order chi connectivity index (χ0) is 17.7. The van der Waals surface area contributed by atoms with Crippen LogP contribution < -0.4 is 0 Å². The Labute approximate surface area is 155 Å². The number of hydrogen-bond acceptors (Lipinski definition) is 2. The molecule has 0 aliphatic heterocycles. The van der Waals surface area contributed by atoms with Crippen molar-refractivity contribution >= 4 is 17.2 Å². The van der Waals surface area contributed by atoms with Crippen LogP contribution in [0, 0.1) is 5.82 Å². The molecule has 26 heavy (non-hydrogen) atoms. The van der Waals surface area contributed by atoms with Crippen LogP contribution in [0.1, 0.15) is 24.5 Å². The summed E-state index contributed by atoms with van der Waals surface area (Å²) in [5.41, 5.74) is 5.83. The van der Waals surface area contributed by atoms with Gasteiger partial charge in [-0.1, -0.05) is 23.7 Å². The molecule has 1 aliphatic carbocycles. The molecular weight excluding hydrogens is 349 g/mol. The number of halogens is 2. The maximum absolute atomic E-state index is 13.3. The van der Waals surface area contributed by atoms with Crippen molar-refractivity contribution in [3.63, 3.8) is 0 Å². The molecule has 5 heteroatoms. The summed E-state index contributed by atoms with van der Waals surface area (Å²) in [6, 6.07) is 16.2. The Morgan fingerprint density at radius 2 is 1.62 bits per heavy atom. The Hall–Kier alpha value is -2.72. The molecule has 1 aliphatic rings. The Bertz CT molecular complexity index is 1100. The fourth-order valence-corrected chi connectivity index (χ4v) is 3.46. The lowest BCUT2D eigenvalue weighted by Crippen LogP contribution is -1.96. The first-order chi connectivity index (χ1) is 12.7. The van der Waals surface area contributed by atoms with Crippen molar-refractivity contribution in [3.05, 3.63) is 77.3 Å². The minimum Gasteiger partial charge on any atom is -0.236 e. The van der Waals surface area contributed by atoms with Gasteiger partial charge in [0.05, 0.1) is 17.0 Å². The lowest BCUT2D eigenvalue weighted by Gasteiger charge is -2.05. The van der Waals surface area contributed by atoms with Crippen molar-refractivity contribution in [2.24, 2.45) is 0 Å². The zero-order valence-corrected chi connectivity index (χ0v) is 14.6. The van der Waals surface area contributed by atoms with Crippen LogP contribution in [0.2, 0.25) is 5.02 Å². The molecule has 128 valence electrons. The van der Waals surface area contributed by atoms with Gasteiger partial charge < -0.3 is 0 Å². The summed E-state index contributed by atoms with van der Waals surface area (Å²) in [6.07, 6.45) is 4.08. The van der Waals surface area contributed by atoms with Crippen molar-refractivity contribution in [1.29, 1.82) is 0 Å². The second-order valence-corrected chi connectivity index (χ2v) is 7.05. The molecule has 0 N–H and O–H groups in total. The van der Waals surface area contributed by atoms with E-state index in [4.69, 9.17) is 16.7 Å². The van der Waals surface area contributed by atoms with E-state index in [2.05, 4.69) is 4.98 Å². The van der Waals surface area contributed by atoms with Crippen LogP contribution in [0.25, 0.3) is 28.0 Å². The smallest absolute Gasteiger partial charge is 0.163 e. The summed E-state index contributed by atoms with van der Waals surface area (Å²) >= 11 is 6.06. The molecule has 3 nitrogen and oxygen atoms in total. The molecule has 0 spiro atoms. The van der Waals surface area contributed by atoms with E-state index in [1.165, 1.54) is 12.1 Å². The van der Waals surface area contributed by atoms with Crippen LogP contribution in [-0.2, 0) is 0 Å². The molecule has 4 aromatic rings. The minimum atomic E-state index is -0.250. The number of nitrogens with zero attached hydrogens (tertiary/aromatic N) is 3. The largest absolute Gasteiger partial charge is 0.236 e. The van der Waals surface area contributed by atoms with Crippen molar-refractivity contribution in [2.75, 3.05) is 0 Å². The van der Waals surface area contributed by atoms with Crippen LogP contribution in [0.5, 0.6) is 0 Å². The highest BCUT2D eigenvalue weighted by Crippen LogP contribution is 2.45. The molecule has 2 aromatic carbocycles. The second kappa shape index (κ2) is 5.92. The van der Waals surface area contributed by atoms with Crippen molar-refractivity contribution in [3.8, 4) is 22.4 Å². The topological polar surface area (TPSA) is 30.2 Å². The molecule has 0 radical (unpaired) electrons. The summed E-state index contributed by atoms with van der Waals surface area (Å²) in [4.78, 5) is 4.61. The third kappa shape index (κ3) is 2.58. The normalized spacial score (nSPS) is 14.1. The van der Waals surface area contributed by atoms with E-state index in [0.717, 1.165) is 46.6 Å². The number of aromatic nitrogens is 3. The number of rotatable bonds is 3. The van der Waals surface area contributed by atoms with Crippen molar-refractivity contribution in [1.82, 2.24) is 14.6 Å². The average Bonchev–Trinajstić information content (AvgIpc) is 3.43. The third-order valence-corrected chi connectivity index (χ3v) is 5.03. The van der Waals surface area contributed by atoms with Gasteiger partial charge in [0.2, 0.25) is 0 Å². The van der Waals surface area contributed by atoms with E-state index >= 15 is 0 Å². The Morgan fingerprint density at radius 3 is 2.31 bits per heavy atom. The molecule has 2 heterocycles. The Balaban J connectivity index is 1.77. The highest BCUT2D eigenvalue weighted by atomic mass is 35.5. The van der Waals surface area contributed by atoms with Crippen molar-refractivity contribution < 1.29 is 4.39 Å². The third-order valence-electron chi connectivity index (χ3n) is 4.78. The van der Waals surface area contributed by atoms with E-state index in [1.807, 2.05) is 34.8 Å². The molecule has 0 unspecified atom stereocenters. The summed E-state index contributed by atoms with van der Waals surface area (Å²) in [6.45, 7) is 0. The maximum atomic E-state index is 13.3. The molecule has 0 atom stereocenters. The predicted molar refractivity (Wildman–Crippen MR) is 101 cm³/mol. The first-order valence-corrected chi connectivity index (χ1v) is 8.98. The van der Waals surface area contributed by atoms with E-state index < -0.39 is 0 Å². The highest BCUT2D eigenvalue weighted by molar-refractivity contribution is 6.30. The summed E-state index contributed by atoms with van der Waals surface area (Å²) in [5.74, 6) is 0.225. The summed E-state index contributed by atoms with van der Waals surface area (Å²) in [5, 5.41) is 5.61. The summed E-state index contributed by atoms with van der Waals surface area (Å²) < 4.78 is 15.2. The van der Waals surface area contributed by atoms with Crippen LogP contribution in [-0.4, -0.2) is 14.6 Å². The average molecular weight is 364 g/mol. The van der Waals surface area contributed by atoms with Gasteiger partial charge in [0, 0.05) is 22.7 Å². The lowest BCUT2D eigenvalue weighted by atomic mass is 10.0. The monoisotopic (exact) mass is 363 g/mol. The first kappa shape index (κ1) is 15.5. The molecule has 0 saturated heterocycles. The number of benzene rings is 2.